The highest BCUT2D eigenvalue weighted by Gasteiger charge is 2.19. The summed E-state index contributed by atoms with van der Waals surface area (Å²) < 4.78 is 13.9. The summed E-state index contributed by atoms with van der Waals surface area (Å²) in [4.78, 5) is 14.1. The van der Waals surface area contributed by atoms with Crippen LogP contribution in [0, 0.1) is 5.82 Å². The van der Waals surface area contributed by atoms with Crippen LogP contribution in [0.25, 0.3) is 0 Å². The molecule has 2 N–H and O–H groups in total. The molecule has 2 rings (SSSR count). The van der Waals surface area contributed by atoms with Crippen molar-refractivity contribution in [2.24, 2.45) is 0 Å². The first-order chi connectivity index (χ1) is 9.52. The van der Waals surface area contributed by atoms with Crippen molar-refractivity contribution in [3.05, 3.63) is 58.3 Å². The zero-order chi connectivity index (χ0) is 14.7. The third-order valence-corrected chi connectivity index (χ3v) is 3.62. The minimum absolute atomic E-state index is 0.261. The Bertz CT molecular complexity index is 628. The van der Waals surface area contributed by atoms with Gasteiger partial charge < -0.3 is 10.6 Å². The van der Waals surface area contributed by atoms with Gasteiger partial charge in [0.1, 0.15) is 5.82 Å². The molecule has 0 heterocycles. The summed E-state index contributed by atoms with van der Waals surface area (Å²) in [6.45, 7) is 2.34. The minimum atomic E-state index is -0.440. The molecular formula is C15H14BrFN2O. The minimum Gasteiger partial charge on any atom is -0.399 e. The van der Waals surface area contributed by atoms with Gasteiger partial charge in [-0.2, -0.15) is 0 Å². The first kappa shape index (κ1) is 14.5. The van der Waals surface area contributed by atoms with Gasteiger partial charge in [-0.15, -0.1) is 0 Å². The summed E-state index contributed by atoms with van der Waals surface area (Å²) in [5.41, 5.74) is 7.29. The largest absolute Gasteiger partial charge is 0.399 e. The molecule has 2 aromatic rings. The van der Waals surface area contributed by atoms with Gasteiger partial charge in [-0.1, -0.05) is 0 Å². The molecule has 3 nitrogen and oxygen atoms in total. The summed E-state index contributed by atoms with van der Waals surface area (Å²) >= 11 is 3.28. The number of anilines is 2. The first-order valence-corrected chi connectivity index (χ1v) is 6.94. The van der Waals surface area contributed by atoms with E-state index in [9.17, 15) is 9.18 Å². The number of nitrogens with two attached hydrogens (primary N) is 1. The van der Waals surface area contributed by atoms with Gasteiger partial charge in [-0.25, -0.2) is 4.39 Å². The second-order valence-corrected chi connectivity index (χ2v) is 5.12. The summed E-state index contributed by atoms with van der Waals surface area (Å²) in [5, 5.41) is 0. The molecule has 0 spiro atoms. The van der Waals surface area contributed by atoms with Gasteiger partial charge >= 0.3 is 0 Å². The zero-order valence-electron chi connectivity index (χ0n) is 10.9. The summed E-state index contributed by atoms with van der Waals surface area (Å²) in [7, 11) is 0. The van der Waals surface area contributed by atoms with Crippen molar-refractivity contribution in [3.63, 3.8) is 0 Å². The molecule has 0 bridgehead atoms. The van der Waals surface area contributed by atoms with Crippen LogP contribution in [0.1, 0.15) is 17.3 Å². The molecule has 0 aromatic heterocycles. The second kappa shape index (κ2) is 6.05. The quantitative estimate of drug-likeness (QED) is 0.865. The predicted octanol–water partition coefficient (Wildman–Crippen LogP) is 3.84. The van der Waals surface area contributed by atoms with Gasteiger partial charge in [0.25, 0.3) is 5.91 Å². The molecule has 0 aliphatic carbocycles. The number of nitrogens with zero attached hydrogens (tertiary/aromatic N) is 1. The molecule has 0 saturated carbocycles. The molecule has 104 valence electrons. The van der Waals surface area contributed by atoms with Gasteiger partial charge in [-0.3, -0.25) is 4.79 Å². The van der Waals surface area contributed by atoms with Gasteiger partial charge in [0.2, 0.25) is 0 Å². The summed E-state index contributed by atoms with van der Waals surface area (Å²) in [6, 6.07) is 11.1. The number of halogens is 2. The molecule has 0 fully saturated rings. The van der Waals surface area contributed by atoms with Crippen LogP contribution in [0.2, 0.25) is 0 Å². The fraction of sp³-hybridized carbons (Fsp3) is 0.133. The molecule has 0 aliphatic heterocycles. The summed E-state index contributed by atoms with van der Waals surface area (Å²) in [6.07, 6.45) is 0. The third kappa shape index (κ3) is 2.99. The number of benzene rings is 2. The lowest BCUT2D eigenvalue weighted by Gasteiger charge is -2.22. The molecule has 0 saturated heterocycles. The standard InChI is InChI=1S/C15H14BrFN2O/c1-2-19(12-6-4-11(18)5-7-12)15(20)13-9-10(17)3-8-14(13)16/h3-9H,2,18H2,1H3. The van der Waals surface area contributed by atoms with Gasteiger partial charge in [-0.05, 0) is 65.3 Å². The van der Waals surface area contributed by atoms with Crippen LogP contribution < -0.4 is 10.6 Å². The van der Waals surface area contributed by atoms with E-state index in [0.717, 1.165) is 5.69 Å². The molecule has 0 atom stereocenters. The third-order valence-electron chi connectivity index (χ3n) is 2.92. The fourth-order valence-electron chi connectivity index (χ4n) is 1.90. The Kier molecular flexibility index (Phi) is 4.39. The maximum absolute atomic E-state index is 13.3. The average Bonchev–Trinajstić information content (AvgIpc) is 2.44. The van der Waals surface area contributed by atoms with Crippen molar-refractivity contribution < 1.29 is 9.18 Å². The number of rotatable bonds is 3. The molecule has 0 radical (unpaired) electrons. The van der Waals surface area contributed by atoms with Crippen LogP contribution in [0.3, 0.4) is 0 Å². The van der Waals surface area contributed by atoms with Crippen molar-refractivity contribution in [3.8, 4) is 0 Å². The van der Waals surface area contributed by atoms with E-state index in [1.807, 2.05) is 6.92 Å². The SMILES string of the molecule is CCN(C(=O)c1cc(F)ccc1Br)c1ccc(N)cc1. The number of hydrogen-bond donors (Lipinski definition) is 1. The van der Waals surface area contributed by atoms with Crippen molar-refractivity contribution in [1.82, 2.24) is 0 Å². The number of nitrogen functional groups attached to an aromatic ring is 1. The smallest absolute Gasteiger partial charge is 0.259 e. The monoisotopic (exact) mass is 336 g/mol. The van der Waals surface area contributed by atoms with Crippen LogP contribution in [-0.4, -0.2) is 12.5 Å². The van der Waals surface area contributed by atoms with Crippen molar-refractivity contribution in [2.45, 2.75) is 6.92 Å². The van der Waals surface area contributed by atoms with E-state index in [1.165, 1.54) is 18.2 Å². The van der Waals surface area contributed by atoms with Crippen LogP contribution in [0.4, 0.5) is 15.8 Å². The highest BCUT2D eigenvalue weighted by atomic mass is 79.9. The lowest BCUT2D eigenvalue weighted by molar-refractivity contribution is 0.0987. The van der Waals surface area contributed by atoms with E-state index in [4.69, 9.17) is 5.73 Å². The normalized spacial score (nSPS) is 10.3. The Balaban J connectivity index is 2.38. The number of hydrogen-bond acceptors (Lipinski definition) is 2. The lowest BCUT2D eigenvalue weighted by Crippen LogP contribution is -2.31. The summed E-state index contributed by atoms with van der Waals surface area (Å²) in [5.74, 6) is -0.700. The zero-order valence-corrected chi connectivity index (χ0v) is 12.5. The molecule has 5 heteroatoms. The van der Waals surface area contributed by atoms with Crippen molar-refractivity contribution >= 4 is 33.2 Å². The van der Waals surface area contributed by atoms with E-state index in [0.29, 0.717) is 22.3 Å². The maximum Gasteiger partial charge on any atom is 0.259 e. The predicted molar refractivity (Wildman–Crippen MR) is 82.3 cm³/mol. The van der Waals surface area contributed by atoms with Gasteiger partial charge in [0.05, 0.1) is 5.56 Å². The Morgan fingerprint density at radius 3 is 2.50 bits per heavy atom. The Labute approximate surface area is 125 Å². The molecule has 20 heavy (non-hydrogen) atoms. The van der Waals surface area contributed by atoms with Crippen LogP contribution in [-0.2, 0) is 0 Å². The number of carbonyl (C=O) groups excluding carboxylic acids is 1. The highest BCUT2D eigenvalue weighted by Crippen LogP contribution is 2.23. The van der Waals surface area contributed by atoms with Crippen LogP contribution in [0.5, 0.6) is 0 Å². The van der Waals surface area contributed by atoms with Crippen LogP contribution in [0.15, 0.2) is 46.9 Å². The van der Waals surface area contributed by atoms with Gasteiger partial charge in [0.15, 0.2) is 0 Å². The lowest BCUT2D eigenvalue weighted by atomic mass is 10.1. The van der Waals surface area contributed by atoms with Crippen LogP contribution >= 0.6 is 15.9 Å². The van der Waals surface area contributed by atoms with Gasteiger partial charge in [0, 0.05) is 22.4 Å². The Morgan fingerprint density at radius 1 is 1.25 bits per heavy atom. The number of amides is 1. The average molecular weight is 337 g/mol. The topological polar surface area (TPSA) is 46.3 Å². The molecule has 0 aliphatic rings. The van der Waals surface area contributed by atoms with E-state index >= 15 is 0 Å². The van der Waals surface area contributed by atoms with Crippen molar-refractivity contribution in [1.29, 1.82) is 0 Å². The molecular weight excluding hydrogens is 323 g/mol. The molecule has 2 aromatic carbocycles. The highest BCUT2D eigenvalue weighted by molar-refractivity contribution is 9.10. The maximum atomic E-state index is 13.3. The van der Waals surface area contributed by atoms with E-state index in [2.05, 4.69) is 15.9 Å². The second-order valence-electron chi connectivity index (χ2n) is 4.27. The van der Waals surface area contributed by atoms with E-state index < -0.39 is 5.82 Å². The molecule has 1 amide bonds. The molecule has 0 unspecified atom stereocenters. The van der Waals surface area contributed by atoms with E-state index in [1.54, 1.807) is 29.2 Å². The Hall–Kier alpha value is -1.88. The number of carbonyl (C=O) groups is 1. The van der Waals surface area contributed by atoms with E-state index in [-0.39, 0.29) is 5.91 Å². The first-order valence-electron chi connectivity index (χ1n) is 6.15. The fourth-order valence-corrected chi connectivity index (χ4v) is 2.32. The Morgan fingerprint density at radius 2 is 1.90 bits per heavy atom. The van der Waals surface area contributed by atoms with Crippen molar-refractivity contribution in [2.75, 3.05) is 17.2 Å².